The number of nitrogens with one attached hydrogen (secondary N) is 1. The topological polar surface area (TPSA) is 68.9 Å². The fourth-order valence-corrected chi connectivity index (χ4v) is 4.30. The van der Waals surface area contributed by atoms with Crippen molar-refractivity contribution in [3.05, 3.63) is 111 Å². The monoisotopic (exact) mass is 474 g/mol. The van der Waals surface area contributed by atoms with Crippen LogP contribution in [0.3, 0.4) is 0 Å². The van der Waals surface area contributed by atoms with Crippen LogP contribution in [0.4, 0.5) is 4.39 Å². The molecule has 0 unspecified atom stereocenters. The minimum atomic E-state index is -0.365. The highest BCUT2D eigenvalue weighted by molar-refractivity contribution is 6.30. The zero-order valence-corrected chi connectivity index (χ0v) is 18.8. The average Bonchev–Trinajstić information content (AvgIpc) is 3.15. The lowest BCUT2D eigenvalue weighted by Gasteiger charge is -2.10. The Morgan fingerprint density at radius 3 is 2.56 bits per heavy atom. The van der Waals surface area contributed by atoms with Crippen LogP contribution in [0.25, 0.3) is 21.8 Å². The minimum absolute atomic E-state index is 0.227. The van der Waals surface area contributed by atoms with Crippen molar-refractivity contribution in [2.75, 3.05) is 0 Å². The summed E-state index contributed by atoms with van der Waals surface area (Å²) < 4.78 is 16.2. The molecule has 1 N–H and O–H groups in total. The third kappa shape index (κ3) is 4.30. The predicted octanol–water partition coefficient (Wildman–Crippen LogP) is 4.51. The second-order valence-corrected chi connectivity index (χ2v) is 8.44. The molecule has 0 aliphatic rings. The summed E-state index contributed by atoms with van der Waals surface area (Å²) in [5, 5.41) is 9.27. The molecule has 0 bridgehead atoms. The van der Waals surface area contributed by atoms with Crippen molar-refractivity contribution in [3.63, 3.8) is 0 Å². The molecule has 6 nitrogen and oxygen atoms in total. The predicted molar refractivity (Wildman–Crippen MR) is 130 cm³/mol. The molecule has 34 heavy (non-hydrogen) atoms. The first-order chi connectivity index (χ1) is 16.5. The van der Waals surface area contributed by atoms with Gasteiger partial charge in [-0.3, -0.25) is 9.59 Å². The molecule has 1 amide bonds. The molecule has 0 aliphatic carbocycles. The zero-order chi connectivity index (χ0) is 23.7. The highest BCUT2D eigenvalue weighted by atomic mass is 35.5. The van der Waals surface area contributed by atoms with Crippen LogP contribution < -0.4 is 10.9 Å². The van der Waals surface area contributed by atoms with Crippen LogP contribution in [0.1, 0.15) is 11.1 Å². The number of hydrogen-bond acceptors (Lipinski definition) is 3. The molecule has 5 rings (SSSR count). The molecule has 0 spiro atoms. The Morgan fingerprint density at radius 2 is 1.76 bits per heavy atom. The number of carbonyl (C=O) groups excluding carboxylic acids is 1. The standard InChI is InChI=1S/C26H20ClFN4O2/c27-19-5-3-4-18(12-19)15-31-23-7-2-1-6-21(23)22-14-30-32(26(34)25(22)31)16-24(33)29-13-17-8-10-20(28)11-9-17/h1-12,14H,13,15-16H2,(H,29,33). The van der Waals surface area contributed by atoms with Crippen LogP contribution in [0.2, 0.25) is 5.02 Å². The molecule has 0 atom stereocenters. The molecule has 5 aromatic rings. The fourth-order valence-electron chi connectivity index (χ4n) is 4.08. The molecular formula is C26H20ClFN4O2. The van der Waals surface area contributed by atoms with Crippen molar-refractivity contribution in [1.82, 2.24) is 19.7 Å². The van der Waals surface area contributed by atoms with Crippen LogP contribution in [0.15, 0.2) is 83.8 Å². The van der Waals surface area contributed by atoms with Crippen molar-refractivity contribution in [2.24, 2.45) is 0 Å². The SMILES string of the molecule is O=C(Cn1ncc2c3ccccc3n(Cc3cccc(Cl)c3)c2c1=O)NCc1ccc(F)cc1. The Balaban J connectivity index is 1.49. The van der Waals surface area contributed by atoms with Gasteiger partial charge < -0.3 is 9.88 Å². The largest absolute Gasteiger partial charge is 0.350 e. The molecule has 2 heterocycles. The van der Waals surface area contributed by atoms with E-state index in [0.717, 1.165) is 32.1 Å². The number of fused-ring (bicyclic) bond motifs is 3. The normalized spacial score (nSPS) is 11.2. The second kappa shape index (κ2) is 9.11. The van der Waals surface area contributed by atoms with Crippen molar-refractivity contribution in [1.29, 1.82) is 0 Å². The number of halogens is 2. The maximum absolute atomic E-state index is 13.5. The Morgan fingerprint density at radius 1 is 0.971 bits per heavy atom. The number of rotatable bonds is 6. The van der Waals surface area contributed by atoms with Gasteiger partial charge in [0.15, 0.2) is 0 Å². The van der Waals surface area contributed by atoms with E-state index in [2.05, 4.69) is 10.4 Å². The molecule has 0 fully saturated rings. The highest BCUT2D eigenvalue weighted by Gasteiger charge is 2.17. The summed E-state index contributed by atoms with van der Waals surface area (Å²) >= 11 is 6.17. The van der Waals surface area contributed by atoms with Gasteiger partial charge in [-0.15, -0.1) is 0 Å². The van der Waals surface area contributed by atoms with E-state index in [9.17, 15) is 14.0 Å². The maximum atomic E-state index is 13.5. The van der Waals surface area contributed by atoms with Crippen LogP contribution >= 0.6 is 11.6 Å². The number of carbonyl (C=O) groups is 1. The number of aromatic nitrogens is 3. The number of para-hydroxylation sites is 1. The lowest BCUT2D eigenvalue weighted by Crippen LogP contribution is -2.33. The van der Waals surface area contributed by atoms with E-state index in [1.54, 1.807) is 24.4 Å². The molecule has 170 valence electrons. The Labute approximate surface area is 199 Å². The van der Waals surface area contributed by atoms with Gasteiger partial charge in [0.05, 0.1) is 6.20 Å². The molecule has 0 radical (unpaired) electrons. The quantitative estimate of drug-likeness (QED) is 0.394. The third-order valence-corrected chi connectivity index (χ3v) is 5.93. The van der Waals surface area contributed by atoms with Crippen molar-refractivity contribution < 1.29 is 9.18 Å². The first kappa shape index (κ1) is 21.9. The van der Waals surface area contributed by atoms with Crippen LogP contribution in [0, 0.1) is 5.82 Å². The molecule has 0 aliphatic heterocycles. The van der Waals surface area contributed by atoms with E-state index >= 15 is 0 Å². The molecule has 0 saturated heterocycles. The minimum Gasteiger partial charge on any atom is -0.350 e. The van der Waals surface area contributed by atoms with E-state index in [1.807, 2.05) is 47.0 Å². The lowest BCUT2D eigenvalue weighted by molar-refractivity contribution is -0.122. The summed E-state index contributed by atoms with van der Waals surface area (Å²) in [4.78, 5) is 26.0. The van der Waals surface area contributed by atoms with Crippen LogP contribution in [0.5, 0.6) is 0 Å². The fraction of sp³-hybridized carbons (Fsp3) is 0.115. The molecule has 0 saturated carbocycles. The van der Waals surface area contributed by atoms with Gasteiger partial charge in [-0.05, 0) is 41.5 Å². The number of benzene rings is 3. The average molecular weight is 475 g/mol. The summed E-state index contributed by atoms with van der Waals surface area (Å²) in [5.74, 6) is -0.705. The summed E-state index contributed by atoms with van der Waals surface area (Å²) in [5.41, 5.74) is 2.73. The van der Waals surface area contributed by atoms with Gasteiger partial charge in [0, 0.05) is 34.4 Å². The van der Waals surface area contributed by atoms with E-state index in [4.69, 9.17) is 11.6 Å². The summed E-state index contributed by atoms with van der Waals surface area (Å²) in [6.45, 7) is 0.445. The van der Waals surface area contributed by atoms with Crippen molar-refractivity contribution in [2.45, 2.75) is 19.6 Å². The number of nitrogens with zero attached hydrogens (tertiary/aromatic N) is 3. The van der Waals surface area contributed by atoms with Gasteiger partial charge in [-0.25, -0.2) is 9.07 Å². The number of hydrogen-bond donors (Lipinski definition) is 1. The highest BCUT2D eigenvalue weighted by Crippen LogP contribution is 2.27. The molecular weight excluding hydrogens is 455 g/mol. The van der Waals surface area contributed by atoms with Crippen molar-refractivity contribution in [3.8, 4) is 0 Å². The van der Waals surface area contributed by atoms with E-state index in [1.165, 1.54) is 12.1 Å². The third-order valence-electron chi connectivity index (χ3n) is 5.70. The Bertz CT molecular complexity index is 1570. The molecule has 3 aromatic carbocycles. The molecule has 2 aromatic heterocycles. The van der Waals surface area contributed by atoms with Gasteiger partial charge in [-0.1, -0.05) is 54.1 Å². The Hall–Kier alpha value is -3.97. The molecule has 8 heteroatoms. The van der Waals surface area contributed by atoms with Gasteiger partial charge in [0.1, 0.15) is 17.9 Å². The van der Waals surface area contributed by atoms with Crippen molar-refractivity contribution >= 4 is 39.3 Å². The van der Waals surface area contributed by atoms with E-state index in [-0.39, 0.29) is 30.4 Å². The first-order valence-corrected chi connectivity index (χ1v) is 11.1. The zero-order valence-electron chi connectivity index (χ0n) is 18.0. The van der Waals surface area contributed by atoms with Gasteiger partial charge >= 0.3 is 0 Å². The van der Waals surface area contributed by atoms with Crippen LogP contribution in [-0.4, -0.2) is 20.3 Å². The van der Waals surface area contributed by atoms with Gasteiger partial charge in [0.25, 0.3) is 5.56 Å². The van der Waals surface area contributed by atoms with E-state index in [0.29, 0.717) is 17.1 Å². The van der Waals surface area contributed by atoms with Gasteiger partial charge in [0.2, 0.25) is 5.91 Å². The lowest BCUT2D eigenvalue weighted by atomic mass is 10.2. The summed E-state index contributed by atoms with van der Waals surface area (Å²) in [6.07, 6.45) is 1.63. The second-order valence-electron chi connectivity index (χ2n) is 8.01. The van der Waals surface area contributed by atoms with Gasteiger partial charge in [-0.2, -0.15) is 5.10 Å². The summed E-state index contributed by atoms with van der Waals surface area (Å²) in [6, 6.07) is 21.1. The first-order valence-electron chi connectivity index (χ1n) is 10.7. The smallest absolute Gasteiger partial charge is 0.291 e. The Kier molecular flexibility index (Phi) is 5.86. The van der Waals surface area contributed by atoms with E-state index < -0.39 is 0 Å². The number of amides is 1. The van der Waals surface area contributed by atoms with Crippen LogP contribution in [-0.2, 0) is 24.4 Å². The maximum Gasteiger partial charge on any atom is 0.291 e. The summed E-state index contributed by atoms with van der Waals surface area (Å²) in [7, 11) is 0.